The molecule has 26 heavy (non-hydrogen) atoms. The molecule has 1 aromatic heterocycles. The van der Waals surface area contributed by atoms with Crippen molar-refractivity contribution in [1.29, 1.82) is 5.26 Å². The maximum absolute atomic E-state index is 12.5. The highest BCUT2D eigenvalue weighted by Crippen LogP contribution is 2.21. The Bertz CT molecular complexity index is 984. The molecule has 1 aliphatic heterocycles. The molecule has 1 aliphatic rings. The first-order valence-electron chi connectivity index (χ1n) is 8.34. The van der Waals surface area contributed by atoms with Gasteiger partial charge >= 0.3 is 0 Å². The number of hydrogen-bond acceptors (Lipinski definition) is 5. The lowest BCUT2D eigenvalue weighted by atomic mass is 10.1. The van der Waals surface area contributed by atoms with E-state index in [1.807, 2.05) is 6.07 Å². The third-order valence-electron chi connectivity index (χ3n) is 4.62. The molecule has 2 heterocycles. The zero-order valence-corrected chi connectivity index (χ0v) is 14.7. The summed E-state index contributed by atoms with van der Waals surface area (Å²) in [6.07, 6.45) is 1.38. The van der Waals surface area contributed by atoms with E-state index in [9.17, 15) is 14.4 Å². The molecule has 132 valence electrons. The average Bonchev–Trinajstić information content (AvgIpc) is 3.06. The highest BCUT2D eigenvalue weighted by molar-refractivity contribution is 5.98. The third kappa shape index (κ3) is 3.14. The number of amides is 1. The third-order valence-corrected chi connectivity index (χ3v) is 4.62. The molecule has 0 spiro atoms. The largest absolute Gasteiger partial charge is 0.312 e. The van der Waals surface area contributed by atoms with Gasteiger partial charge in [-0.15, -0.1) is 0 Å². The van der Waals surface area contributed by atoms with E-state index in [0.717, 1.165) is 16.8 Å². The Labute approximate surface area is 150 Å². The summed E-state index contributed by atoms with van der Waals surface area (Å²) >= 11 is 0. The molecule has 0 atom stereocenters. The molecule has 1 amide bonds. The normalized spacial score (nSPS) is 13.7. The average molecular weight is 350 g/mol. The minimum absolute atomic E-state index is 0.00759. The van der Waals surface area contributed by atoms with Crippen molar-refractivity contribution in [3.05, 3.63) is 57.0 Å². The van der Waals surface area contributed by atoms with Gasteiger partial charge in [-0.25, -0.2) is 4.68 Å². The van der Waals surface area contributed by atoms with Crippen LogP contribution in [0.3, 0.4) is 0 Å². The van der Waals surface area contributed by atoms with Crippen LogP contribution in [0.5, 0.6) is 0 Å². The van der Waals surface area contributed by atoms with Gasteiger partial charge < -0.3 is 4.90 Å². The van der Waals surface area contributed by atoms with Crippen LogP contribution in [-0.2, 0) is 11.3 Å². The Hall–Kier alpha value is -3.27. The lowest BCUT2D eigenvalue weighted by Gasteiger charge is -2.15. The van der Waals surface area contributed by atoms with Gasteiger partial charge in [0.05, 0.1) is 5.69 Å². The second kappa shape index (κ2) is 6.92. The summed E-state index contributed by atoms with van der Waals surface area (Å²) in [5.74, 6) is -0.204. The van der Waals surface area contributed by atoms with Crippen LogP contribution < -0.4 is 10.5 Å². The number of rotatable bonds is 4. The molecule has 7 heteroatoms. The molecule has 3 rings (SSSR count). The van der Waals surface area contributed by atoms with Gasteiger partial charge in [-0.2, -0.15) is 10.4 Å². The number of benzene rings is 1. The summed E-state index contributed by atoms with van der Waals surface area (Å²) in [6.45, 7) is 3.80. The molecule has 0 unspecified atom stereocenters. The van der Waals surface area contributed by atoms with Crippen LogP contribution in [0.15, 0.2) is 29.1 Å². The first kappa shape index (κ1) is 17.5. The summed E-state index contributed by atoms with van der Waals surface area (Å²) in [6, 6.07) is 8.62. The molecule has 1 fully saturated rings. The SMILES string of the molecule is Cc1nn(CC(=O)c2ccc(N3CCCC3=O)cc2)c(=O)c(C#N)c1C. The fraction of sp³-hybridized carbons (Fsp3) is 0.316. The topological polar surface area (TPSA) is 96.1 Å². The minimum Gasteiger partial charge on any atom is -0.312 e. The number of hydrogen-bond donors (Lipinski definition) is 0. The fourth-order valence-electron chi connectivity index (χ4n) is 2.99. The molecule has 1 saturated heterocycles. The molecule has 0 N–H and O–H groups in total. The maximum atomic E-state index is 12.5. The summed E-state index contributed by atoms with van der Waals surface area (Å²) in [7, 11) is 0. The Morgan fingerprint density at radius 2 is 1.92 bits per heavy atom. The number of aryl methyl sites for hydroxylation is 1. The number of nitriles is 1. The number of carbonyl (C=O) groups is 2. The van der Waals surface area contributed by atoms with E-state index in [0.29, 0.717) is 29.8 Å². The van der Waals surface area contributed by atoms with Gasteiger partial charge in [0.1, 0.15) is 18.2 Å². The number of ketones is 1. The van der Waals surface area contributed by atoms with Crippen LogP contribution in [-0.4, -0.2) is 28.0 Å². The van der Waals surface area contributed by atoms with Gasteiger partial charge in [0.15, 0.2) is 5.78 Å². The number of anilines is 1. The van der Waals surface area contributed by atoms with Gasteiger partial charge in [0, 0.05) is 24.2 Å². The van der Waals surface area contributed by atoms with Crippen LogP contribution in [0.2, 0.25) is 0 Å². The second-order valence-electron chi connectivity index (χ2n) is 6.28. The molecular formula is C19H18N4O3. The van der Waals surface area contributed by atoms with E-state index in [4.69, 9.17) is 5.26 Å². The lowest BCUT2D eigenvalue weighted by molar-refractivity contribution is -0.117. The quantitative estimate of drug-likeness (QED) is 0.783. The highest BCUT2D eigenvalue weighted by Gasteiger charge is 2.22. The summed E-state index contributed by atoms with van der Waals surface area (Å²) in [5, 5.41) is 13.3. The number of carbonyl (C=O) groups excluding carboxylic acids is 2. The van der Waals surface area contributed by atoms with Gasteiger partial charge in [-0.3, -0.25) is 14.4 Å². The van der Waals surface area contributed by atoms with Crippen molar-refractivity contribution < 1.29 is 9.59 Å². The van der Waals surface area contributed by atoms with E-state index in [1.165, 1.54) is 0 Å². The summed E-state index contributed by atoms with van der Waals surface area (Å²) < 4.78 is 1.03. The van der Waals surface area contributed by atoms with E-state index >= 15 is 0 Å². The zero-order chi connectivity index (χ0) is 18.8. The number of aromatic nitrogens is 2. The molecular weight excluding hydrogens is 332 g/mol. The molecule has 1 aromatic carbocycles. The molecule has 0 radical (unpaired) electrons. The van der Waals surface area contributed by atoms with E-state index in [2.05, 4.69) is 5.10 Å². The molecule has 0 aliphatic carbocycles. The van der Waals surface area contributed by atoms with Crippen LogP contribution in [0.25, 0.3) is 0 Å². The smallest absolute Gasteiger partial charge is 0.285 e. The van der Waals surface area contributed by atoms with E-state index in [-0.39, 0.29) is 23.8 Å². The highest BCUT2D eigenvalue weighted by atomic mass is 16.2. The van der Waals surface area contributed by atoms with Crippen molar-refractivity contribution >= 4 is 17.4 Å². The molecule has 7 nitrogen and oxygen atoms in total. The lowest BCUT2D eigenvalue weighted by Crippen LogP contribution is -2.30. The van der Waals surface area contributed by atoms with Crippen molar-refractivity contribution in [2.24, 2.45) is 0 Å². The predicted molar refractivity (Wildman–Crippen MR) is 95.0 cm³/mol. The first-order chi connectivity index (χ1) is 12.4. The summed E-state index contributed by atoms with van der Waals surface area (Å²) in [5.41, 5.74) is 1.69. The van der Waals surface area contributed by atoms with Crippen molar-refractivity contribution in [3.63, 3.8) is 0 Å². The zero-order valence-electron chi connectivity index (χ0n) is 14.7. The number of nitrogens with zero attached hydrogens (tertiary/aromatic N) is 4. The van der Waals surface area contributed by atoms with Gasteiger partial charge in [0.2, 0.25) is 5.91 Å². The Balaban J connectivity index is 1.83. The van der Waals surface area contributed by atoms with Crippen molar-refractivity contribution in [1.82, 2.24) is 9.78 Å². The minimum atomic E-state index is -0.566. The maximum Gasteiger partial charge on any atom is 0.285 e. The van der Waals surface area contributed by atoms with Gasteiger partial charge in [-0.1, -0.05) is 0 Å². The Kier molecular flexibility index (Phi) is 4.67. The standard InChI is InChI=1S/C19H18N4O3/c1-12-13(2)21-23(19(26)16(12)10-20)11-17(24)14-5-7-15(8-6-14)22-9-3-4-18(22)25/h5-8H,3-4,9,11H2,1-2H3. The first-order valence-corrected chi connectivity index (χ1v) is 8.34. The Morgan fingerprint density at radius 3 is 2.50 bits per heavy atom. The molecule has 0 saturated carbocycles. The summed E-state index contributed by atoms with van der Waals surface area (Å²) in [4.78, 5) is 38.3. The van der Waals surface area contributed by atoms with Crippen LogP contribution in [0.4, 0.5) is 5.69 Å². The predicted octanol–water partition coefficient (Wildman–Crippen LogP) is 1.74. The molecule has 0 bridgehead atoms. The second-order valence-corrected chi connectivity index (χ2v) is 6.28. The fourth-order valence-corrected chi connectivity index (χ4v) is 2.99. The number of Topliss-reactive ketones (excluding diaryl/α,β-unsaturated/α-hetero) is 1. The van der Waals surface area contributed by atoms with Gasteiger partial charge in [0.25, 0.3) is 5.56 Å². The Morgan fingerprint density at radius 1 is 1.23 bits per heavy atom. The molecule has 2 aromatic rings. The van der Waals surface area contributed by atoms with Crippen molar-refractivity contribution in [2.45, 2.75) is 33.2 Å². The van der Waals surface area contributed by atoms with Crippen molar-refractivity contribution in [2.75, 3.05) is 11.4 Å². The van der Waals surface area contributed by atoms with Crippen LogP contribution in [0, 0.1) is 25.2 Å². The van der Waals surface area contributed by atoms with Gasteiger partial charge in [-0.05, 0) is 50.1 Å². The van der Waals surface area contributed by atoms with Crippen LogP contribution >= 0.6 is 0 Å². The van der Waals surface area contributed by atoms with E-state index < -0.39 is 5.56 Å². The monoisotopic (exact) mass is 350 g/mol. The van der Waals surface area contributed by atoms with Crippen LogP contribution in [0.1, 0.15) is 40.0 Å². The van der Waals surface area contributed by atoms with E-state index in [1.54, 1.807) is 43.0 Å². The van der Waals surface area contributed by atoms with Crippen molar-refractivity contribution in [3.8, 4) is 6.07 Å².